The molecule has 0 amide bonds. The fourth-order valence-electron chi connectivity index (χ4n) is 0.917. The minimum atomic E-state index is 0. The van der Waals surface area contributed by atoms with E-state index in [2.05, 4.69) is 15.0 Å². The zero-order chi connectivity index (χ0) is 7.84. The number of hydrogen-bond donors (Lipinski definition) is 0. The lowest BCUT2D eigenvalue weighted by atomic mass is 10.6. The molecule has 2 rings (SSSR count). The predicted molar refractivity (Wildman–Crippen MR) is 48.6 cm³/mol. The van der Waals surface area contributed by atoms with Gasteiger partial charge in [0.1, 0.15) is 11.8 Å². The first kappa shape index (κ1) is 9.22. The van der Waals surface area contributed by atoms with Gasteiger partial charge < -0.3 is 4.57 Å². The van der Waals surface area contributed by atoms with E-state index < -0.39 is 0 Å². The van der Waals surface area contributed by atoms with E-state index in [4.69, 9.17) is 11.6 Å². The summed E-state index contributed by atoms with van der Waals surface area (Å²) in [4.78, 5) is 11.8. The molecule has 0 N–H and O–H groups in total. The number of imidazole rings is 1. The lowest BCUT2D eigenvalue weighted by Crippen LogP contribution is -1.88. The number of hydrogen-bond acceptors (Lipinski definition) is 3. The van der Waals surface area contributed by atoms with Gasteiger partial charge in [0.15, 0.2) is 10.8 Å². The Morgan fingerprint density at radius 1 is 1.33 bits per heavy atom. The summed E-state index contributed by atoms with van der Waals surface area (Å²) in [5.74, 6) is 0. The Kier molecular flexibility index (Phi) is 2.49. The Hall–Kier alpha value is -0.870. The van der Waals surface area contributed by atoms with E-state index in [1.54, 1.807) is 10.9 Å². The van der Waals surface area contributed by atoms with Gasteiger partial charge in [-0.15, -0.1) is 12.4 Å². The van der Waals surface area contributed by atoms with Crippen molar-refractivity contribution < 1.29 is 0 Å². The molecule has 0 aromatic carbocycles. The van der Waals surface area contributed by atoms with Gasteiger partial charge in [-0.25, -0.2) is 15.0 Å². The van der Waals surface area contributed by atoms with Gasteiger partial charge in [0.25, 0.3) is 0 Å². The first-order valence-corrected chi connectivity index (χ1v) is 3.44. The van der Waals surface area contributed by atoms with Gasteiger partial charge in [-0.2, -0.15) is 0 Å². The van der Waals surface area contributed by atoms with E-state index in [9.17, 15) is 0 Å². The molecule has 0 unspecified atom stereocenters. The van der Waals surface area contributed by atoms with Crippen LogP contribution in [0.2, 0.25) is 5.15 Å². The summed E-state index contributed by atoms with van der Waals surface area (Å²) < 4.78 is 1.79. The van der Waals surface area contributed by atoms with Crippen LogP contribution in [0.1, 0.15) is 0 Å². The summed E-state index contributed by atoms with van der Waals surface area (Å²) in [6.45, 7) is 0. The average molecular weight is 205 g/mol. The maximum absolute atomic E-state index is 5.74. The average Bonchev–Trinajstić information content (AvgIpc) is 2.35. The number of aryl methyl sites for hydroxylation is 1. The molecule has 0 bridgehead atoms. The van der Waals surface area contributed by atoms with Crippen molar-refractivity contribution in [2.24, 2.45) is 7.05 Å². The number of fused-ring (bicyclic) bond motifs is 1. The van der Waals surface area contributed by atoms with E-state index in [0.29, 0.717) is 10.7 Å². The minimum absolute atomic E-state index is 0. The molecule has 12 heavy (non-hydrogen) atoms. The van der Waals surface area contributed by atoms with Crippen molar-refractivity contribution in [2.45, 2.75) is 0 Å². The van der Waals surface area contributed by atoms with E-state index in [1.165, 1.54) is 6.33 Å². The Labute approximate surface area is 80.0 Å². The topological polar surface area (TPSA) is 43.6 Å². The molecular formula is C6H6Cl2N4. The lowest BCUT2D eigenvalue weighted by molar-refractivity contribution is 0.928. The summed E-state index contributed by atoms with van der Waals surface area (Å²) >= 11 is 5.74. The van der Waals surface area contributed by atoms with Crippen molar-refractivity contribution in [3.8, 4) is 0 Å². The fraction of sp³-hybridized carbons (Fsp3) is 0.167. The smallest absolute Gasteiger partial charge is 0.164 e. The zero-order valence-corrected chi connectivity index (χ0v) is 7.80. The van der Waals surface area contributed by atoms with Crippen molar-refractivity contribution in [3.63, 3.8) is 0 Å². The fourth-order valence-corrected chi connectivity index (χ4v) is 1.09. The Morgan fingerprint density at radius 2 is 2.08 bits per heavy atom. The van der Waals surface area contributed by atoms with E-state index >= 15 is 0 Å². The quantitative estimate of drug-likeness (QED) is 0.611. The van der Waals surface area contributed by atoms with Crippen molar-refractivity contribution >= 4 is 35.2 Å². The molecule has 2 heterocycles. The molecule has 0 atom stereocenters. The third-order valence-electron chi connectivity index (χ3n) is 1.45. The van der Waals surface area contributed by atoms with Gasteiger partial charge in [0, 0.05) is 7.05 Å². The second-order valence-corrected chi connectivity index (χ2v) is 2.55. The van der Waals surface area contributed by atoms with Gasteiger partial charge in [-0.3, -0.25) is 0 Å². The monoisotopic (exact) mass is 204 g/mol. The predicted octanol–water partition coefficient (Wildman–Crippen LogP) is 1.44. The molecule has 6 heteroatoms. The summed E-state index contributed by atoms with van der Waals surface area (Å²) in [5.41, 5.74) is 1.40. The summed E-state index contributed by atoms with van der Waals surface area (Å²) in [6.07, 6.45) is 3.08. The first-order valence-electron chi connectivity index (χ1n) is 3.06. The minimum Gasteiger partial charge on any atom is -0.318 e. The maximum Gasteiger partial charge on any atom is 0.164 e. The van der Waals surface area contributed by atoms with Gasteiger partial charge in [0.2, 0.25) is 0 Å². The highest BCUT2D eigenvalue weighted by atomic mass is 35.5. The standard InChI is InChI=1S/C6H5ClN4.ClH/c1-11-3-10-4-5(7)8-2-9-6(4)11;/h2-3H,1H3;1H. The summed E-state index contributed by atoms with van der Waals surface area (Å²) in [5, 5.41) is 0.399. The van der Waals surface area contributed by atoms with Crippen LogP contribution in [0.25, 0.3) is 11.2 Å². The van der Waals surface area contributed by atoms with E-state index in [-0.39, 0.29) is 12.4 Å². The van der Waals surface area contributed by atoms with Crippen molar-refractivity contribution in [3.05, 3.63) is 17.8 Å². The third-order valence-corrected chi connectivity index (χ3v) is 1.73. The molecule has 0 radical (unpaired) electrons. The van der Waals surface area contributed by atoms with Crippen LogP contribution in [0.15, 0.2) is 12.7 Å². The molecule has 64 valence electrons. The highest BCUT2D eigenvalue weighted by Crippen LogP contribution is 2.15. The molecule has 0 aliphatic carbocycles. The number of halogens is 2. The van der Waals surface area contributed by atoms with Gasteiger partial charge >= 0.3 is 0 Å². The van der Waals surface area contributed by atoms with Crippen LogP contribution in [0.4, 0.5) is 0 Å². The van der Waals surface area contributed by atoms with Crippen LogP contribution < -0.4 is 0 Å². The van der Waals surface area contributed by atoms with Crippen molar-refractivity contribution in [1.29, 1.82) is 0 Å². The number of aromatic nitrogens is 4. The van der Waals surface area contributed by atoms with Crippen LogP contribution >= 0.6 is 24.0 Å². The summed E-state index contributed by atoms with van der Waals surface area (Å²) in [6, 6.07) is 0. The van der Waals surface area contributed by atoms with E-state index in [1.807, 2.05) is 7.05 Å². The van der Waals surface area contributed by atoms with Gasteiger partial charge in [0.05, 0.1) is 6.33 Å². The molecule has 0 saturated carbocycles. The highest BCUT2D eigenvalue weighted by Gasteiger charge is 2.04. The van der Waals surface area contributed by atoms with Gasteiger partial charge in [-0.1, -0.05) is 11.6 Å². The van der Waals surface area contributed by atoms with Crippen molar-refractivity contribution in [1.82, 2.24) is 19.5 Å². The first-order chi connectivity index (χ1) is 5.29. The Bertz CT molecular complexity index is 397. The van der Waals surface area contributed by atoms with Crippen LogP contribution in [0.3, 0.4) is 0 Å². The maximum atomic E-state index is 5.74. The Morgan fingerprint density at radius 3 is 2.75 bits per heavy atom. The van der Waals surface area contributed by atoms with E-state index in [0.717, 1.165) is 5.65 Å². The van der Waals surface area contributed by atoms with Crippen LogP contribution in [-0.2, 0) is 7.05 Å². The second kappa shape index (κ2) is 3.25. The van der Waals surface area contributed by atoms with Crippen LogP contribution in [0.5, 0.6) is 0 Å². The van der Waals surface area contributed by atoms with Crippen molar-refractivity contribution in [2.75, 3.05) is 0 Å². The summed E-state index contributed by atoms with van der Waals surface area (Å²) in [7, 11) is 1.86. The molecule has 4 nitrogen and oxygen atoms in total. The molecule has 0 aliphatic heterocycles. The zero-order valence-electron chi connectivity index (χ0n) is 6.23. The SMILES string of the molecule is Cl.Cn1cnc2c(Cl)ncnc21. The molecule has 2 aromatic rings. The van der Waals surface area contributed by atoms with Crippen LogP contribution in [0, 0.1) is 0 Å². The molecule has 0 aliphatic rings. The van der Waals surface area contributed by atoms with Crippen LogP contribution in [-0.4, -0.2) is 19.5 Å². The normalized spacial score (nSPS) is 9.83. The second-order valence-electron chi connectivity index (χ2n) is 2.19. The number of rotatable bonds is 0. The molecule has 0 spiro atoms. The largest absolute Gasteiger partial charge is 0.318 e. The van der Waals surface area contributed by atoms with Gasteiger partial charge in [-0.05, 0) is 0 Å². The third kappa shape index (κ3) is 1.23. The Balaban J connectivity index is 0.000000720. The molecule has 0 fully saturated rings. The molecule has 2 aromatic heterocycles. The molecular weight excluding hydrogens is 199 g/mol. The lowest BCUT2D eigenvalue weighted by Gasteiger charge is -1.91. The number of nitrogens with zero attached hydrogens (tertiary/aromatic N) is 4. The highest BCUT2D eigenvalue weighted by molar-refractivity contribution is 6.33. The molecule has 0 saturated heterocycles.